The van der Waals surface area contributed by atoms with Gasteiger partial charge in [0.05, 0.1) is 9.78 Å². The molecule has 1 aliphatic heterocycles. The first-order chi connectivity index (χ1) is 6.20. The highest BCUT2D eigenvalue weighted by molar-refractivity contribution is 8.01. The number of fused-ring (bicyclic) bond motifs is 1. The second-order valence-corrected chi connectivity index (χ2v) is 4.76. The molecule has 3 N–H and O–H groups in total. The number of hydrogen-bond acceptors (Lipinski definition) is 4. The molecule has 0 radical (unpaired) electrons. The quantitative estimate of drug-likeness (QED) is 0.745. The van der Waals surface area contributed by atoms with E-state index >= 15 is 0 Å². The van der Waals surface area contributed by atoms with Gasteiger partial charge in [0.25, 0.3) is 0 Å². The summed E-state index contributed by atoms with van der Waals surface area (Å²) < 4.78 is 1.04. The fourth-order valence-corrected chi connectivity index (χ4v) is 3.25. The first kappa shape index (κ1) is 8.65. The lowest BCUT2D eigenvalue weighted by Crippen LogP contribution is -2.18. The Morgan fingerprint density at radius 3 is 3.08 bits per heavy atom. The molecular formula is C8H7NO2S2. The van der Waals surface area contributed by atoms with Gasteiger partial charge in [-0.25, -0.2) is 0 Å². The van der Waals surface area contributed by atoms with Gasteiger partial charge in [-0.2, -0.15) is 0 Å². The van der Waals surface area contributed by atoms with Crippen LogP contribution in [-0.4, -0.2) is 16.8 Å². The Labute approximate surface area is 83.3 Å². The number of carbonyl (C=O) groups excluding carboxylic acids is 1. The van der Waals surface area contributed by atoms with Crippen molar-refractivity contribution in [3.63, 3.8) is 0 Å². The van der Waals surface area contributed by atoms with Crippen LogP contribution in [0.2, 0.25) is 0 Å². The molecule has 0 fully saturated rings. The van der Waals surface area contributed by atoms with Gasteiger partial charge in [-0.05, 0) is 11.4 Å². The Balaban J connectivity index is 2.54. The van der Waals surface area contributed by atoms with Crippen LogP contribution in [0.5, 0.6) is 0 Å². The average molecular weight is 213 g/mol. The number of hydrogen-bond donors (Lipinski definition) is 2. The maximum atomic E-state index is 10.9. The number of thiophene rings is 1. The molecule has 3 nitrogen and oxygen atoms in total. The van der Waals surface area contributed by atoms with Gasteiger partial charge in [-0.1, -0.05) is 0 Å². The molecule has 1 aromatic heterocycles. The molecule has 5 heteroatoms. The molecule has 68 valence electrons. The molecule has 0 unspecified atom stereocenters. The summed E-state index contributed by atoms with van der Waals surface area (Å²) in [5.74, 6) is -0.0290. The topological polar surface area (TPSA) is 63.3 Å². The van der Waals surface area contributed by atoms with Crippen LogP contribution in [0.1, 0.15) is 5.56 Å². The van der Waals surface area contributed by atoms with E-state index < -0.39 is 5.91 Å². The molecule has 0 aromatic carbocycles. The molecule has 0 saturated carbocycles. The number of primary amides is 1. The first-order valence-electron chi connectivity index (χ1n) is 3.62. The molecule has 0 bridgehead atoms. The number of thioether (sulfide) groups is 1. The predicted molar refractivity (Wildman–Crippen MR) is 53.8 cm³/mol. The second-order valence-electron chi connectivity index (χ2n) is 2.60. The van der Waals surface area contributed by atoms with Crippen molar-refractivity contribution in [3.8, 4) is 0 Å². The van der Waals surface area contributed by atoms with Crippen LogP contribution in [0.25, 0.3) is 5.76 Å². The van der Waals surface area contributed by atoms with Crippen LogP contribution in [0, 0.1) is 0 Å². The fourth-order valence-electron chi connectivity index (χ4n) is 1.14. The average Bonchev–Trinajstić information content (AvgIpc) is 2.52. The summed E-state index contributed by atoms with van der Waals surface area (Å²) in [6.45, 7) is 0. The fraction of sp³-hybridized carbons (Fsp3) is 0.125. The lowest BCUT2D eigenvalue weighted by atomic mass is 10.1. The maximum Gasteiger partial charge on any atom is 0.249 e. The van der Waals surface area contributed by atoms with Gasteiger partial charge in [-0.15, -0.1) is 23.1 Å². The molecule has 1 aromatic rings. The number of aliphatic hydroxyl groups excluding tert-OH is 1. The molecule has 0 aliphatic carbocycles. The highest BCUT2D eigenvalue weighted by Crippen LogP contribution is 2.39. The third-order valence-electron chi connectivity index (χ3n) is 1.82. The minimum Gasteiger partial charge on any atom is -0.507 e. The van der Waals surface area contributed by atoms with Crippen LogP contribution in [0.3, 0.4) is 0 Å². The second kappa shape index (κ2) is 3.08. The van der Waals surface area contributed by atoms with Gasteiger partial charge in [-0.3, -0.25) is 4.79 Å². The first-order valence-corrected chi connectivity index (χ1v) is 5.49. The zero-order valence-electron chi connectivity index (χ0n) is 6.61. The van der Waals surface area contributed by atoms with Crippen molar-refractivity contribution in [1.82, 2.24) is 0 Å². The van der Waals surface area contributed by atoms with Crippen LogP contribution >= 0.6 is 23.1 Å². The maximum absolute atomic E-state index is 10.9. The standard InChI is InChI=1S/C8H7NO2S2/c9-7(11)5-3-13-8-4(6(5)10)1-2-12-8/h1-2,10H,3H2,(H2,9,11). The monoisotopic (exact) mass is 213 g/mol. The lowest BCUT2D eigenvalue weighted by Gasteiger charge is -2.13. The van der Waals surface area contributed by atoms with Crippen LogP contribution in [0.4, 0.5) is 0 Å². The van der Waals surface area contributed by atoms with Crippen LogP contribution < -0.4 is 5.73 Å². The number of carbonyl (C=O) groups is 1. The summed E-state index contributed by atoms with van der Waals surface area (Å²) in [6.07, 6.45) is 0. The Bertz CT molecular complexity index is 395. The molecule has 2 rings (SSSR count). The van der Waals surface area contributed by atoms with Crippen molar-refractivity contribution < 1.29 is 9.90 Å². The molecule has 1 aliphatic rings. The molecule has 0 saturated heterocycles. The van der Waals surface area contributed by atoms with Gasteiger partial charge >= 0.3 is 0 Å². The van der Waals surface area contributed by atoms with E-state index in [-0.39, 0.29) is 5.76 Å². The van der Waals surface area contributed by atoms with Crippen LogP contribution in [0.15, 0.2) is 21.2 Å². The Hall–Kier alpha value is -0.940. The van der Waals surface area contributed by atoms with Crippen molar-refractivity contribution in [2.24, 2.45) is 5.73 Å². The number of nitrogens with two attached hydrogens (primary N) is 1. The van der Waals surface area contributed by atoms with E-state index in [0.717, 1.165) is 9.77 Å². The number of rotatable bonds is 1. The molecule has 0 atom stereocenters. The Morgan fingerprint density at radius 1 is 1.62 bits per heavy atom. The molecule has 1 amide bonds. The summed E-state index contributed by atoms with van der Waals surface area (Å²) in [5.41, 5.74) is 6.16. The summed E-state index contributed by atoms with van der Waals surface area (Å²) in [5, 5.41) is 11.5. The van der Waals surface area contributed by atoms with Crippen molar-refractivity contribution in [1.29, 1.82) is 0 Å². The highest BCUT2D eigenvalue weighted by atomic mass is 32.2. The molecule has 2 heterocycles. The lowest BCUT2D eigenvalue weighted by molar-refractivity contribution is -0.114. The van der Waals surface area contributed by atoms with Gasteiger partial charge in [0.2, 0.25) is 5.91 Å². The zero-order valence-corrected chi connectivity index (χ0v) is 8.24. The van der Waals surface area contributed by atoms with Gasteiger partial charge < -0.3 is 10.8 Å². The Morgan fingerprint density at radius 2 is 2.38 bits per heavy atom. The number of amides is 1. The van der Waals surface area contributed by atoms with Crippen molar-refractivity contribution in [2.45, 2.75) is 4.21 Å². The van der Waals surface area contributed by atoms with Gasteiger partial charge in [0, 0.05) is 11.3 Å². The van der Waals surface area contributed by atoms with E-state index in [1.165, 1.54) is 11.8 Å². The van der Waals surface area contributed by atoms with E-state index in [9.17, 15) is 9.90 Å². The zero-order chi connectivity index (χ0) is 9.42. The minimum atomic E-state index is -0.540. The van der Waals surface area contributed by atoms with E-state index in [1.54, 1.807) is 17.4 Å². The number of aliphatic hydroxyl groups is 1. The van der Waals surface area contributed by atoms with E-state index in [0.29, 0.717) is 11.3 Å². The van der Waals surface area contributed by atoms with Crippen molar-refractivity contribution in [2.75, 3.05) is 5.75 Å². The normalized spacial score (nSPS) is 15.7. The highest BCUT2D eigenvalue weighted by Gasteiger charge is 2.22. The van der Waals surface area contributed by atoms with Crippen molar-refractivity contribution in [3.05, 3.63) is 22.6 Å². The third kappa shape index (κ3) is 1.34. The summed E-state index contributed by atoms with van der Waals surface area (Å²) in [4.78, 5) is 10.9. The smallest absolute Gasteiger partial charge is 0.249 e. The third-order valence-corrected chi connectivity index (χ3v) is 4.08. The summed E-state index contributed by atoms with van der Waals surface area (Å²) >= 11 is 3.09. The van der Waals surface area contributed by atoms with E-state index in [4.69, 9.17) is 5.73 Å². The van der Waals surface area contributed by atoms with E-state index in [2.05, 4.69) is 0 Å². The van der Waals surface area contributed by atoms with E-state index in [1.807, 2.05) is 5.38 Å². The van der Waals surface area contributed by atoms with Gasteiger partial charge in [0.15, 0.2) is 0 Å². The largest absolute Gasteiger partial charge is 0.507 e. The molecule has 13 heavy (non-hydrogen) atoms. The van der Waals surface area contributed by atoms with Crippen molar-refractivity contribution >= 4 is 34.8 Å². The minimum absolute atomic E-state index is 0.0440. The molecule has 0 spiro atoms. The summed E-state index contributed by atoms with van der Waals surface area (Å²) in [7, 11) is 0. The van der Waals surface area contributed by atoms with Crippen LogP contribution in [-0.2, 0) is 4.79 Å². The SMILES string of the molecule is NC(=O)C1=C(O)c2ccsc2SC1. The Kier molecular flexibility index (Phi) is 2.05. The van der Waals surface area contributed by atoms with Gasteiger partial charge in [0.1, 0.15) is 5.76 Å². The summed E-state index contributed by atoms with van der Waals surface area (Å²) in [6, 6.07) is 1.80. The predicted octanol–water partition coefficient (Wildman–Crippen LogP) is 1.61. The molecular weight excluding hydrogens is 206 g/mol.